The molecule has 0 aromatic carbocycles. The third-order valence-corrected chi connectivity index (χ3v) is 2.86. The Kier molecular flexibility index (Phi) is 6.10. The van der Waals surface area contributed by atoms with Gasteiger partial charge in [0.05, 0.1) is 18.2 Å². The molecule has 0 aliphatic heterocycles. The van der Waals surface area contributed by atoms with Crippen LogP contribution in [0.2, 0.25) is 0 Å². The summed E-state index contributed by atoms with van der Waals surface area (Å²) in [6.07, 6.45) is 2.16. The molecule has 1 aromatic rings. The quantitative estimate of drug-likeness (QED) is 0.768. The number of ether oxygens (including phenoxy) is 1. The van der Waals surface area contributed by atoms with E-state index in [9.17, 15) is 4.79 Å². The van der Waals surface area contributed by atoms with Crippen molar-refractivity contribution < 1.29 is 14.6 Å². The summed E-state index contributed by atoms with van der Waals surface area (Å²) in [7, 11) is 1.58. The summed E-state index contributed by atoms with van der Waals surface area (Å²) in [5.74, 6) is -0.264. The molecular formula is C11H15BrN2O3. The van der Waals surface area contributed by atoms with Gasteiger partial charge in [0.25, 0.3) is 5.91 Å². The SMILES string of the molecule is COCCC(CO)NC(=O)c1cccnc1Br. The van der Waals surface area contributed by atoms with Gasteiger partial charge in [-0.2, -0.15) is 0 Å². The monoisotopic (exact) mass is 302 g/mol. The largest absolute Gasteiger partial charge is 0.394 e. The highest BCUT2D eigenvalue weighted by Crippen LogP contribution is 2.12. The molecule has 2 N–H and O–H groups in total. The van der Waals surface area contributed by atoms with Gasteiger partial charge < -0.3 is 15.2 Å². The number of aliphatic hydroxyl groups excluding tert-OH is 1. The number of halogens is 1. The van der Waals surface area contributed by atoms with Gasteiger partial charge in [-0.3, -0.25) is 4.79 Å². The normalized spacial score (nSPS) is 12.2. The van der Waals surface area contributed by atoms with Crippen molar-refractivity contribution in [2.75, 3.05) is 20.3 Å². The predicted octanol–water partition coefficient (Wildman–Crippen LogP) is 0.971. The van der Waals surface area contributed by atoms with Crippen LogP contribution >= 0.6 is 15.9 Å². The van der Waals surface area contributed by atoms with E-state index in [0.29, 0.717) is 23.2 Å². The van der Waals surface area contributed by atoms with E-state index in [-0.39, 0.29) is 18.6 Å². The van der Waals surface area contributed by atoms with Crippen molar-refractivity contribution in [2.45, 2.75) is 12.5 Å². The fourth-order valence-electron chi connectivity index (χ4n) is 1.29. The molecule has 0 aliphatic carbocycles. The minimum absolute atomic E-state index is 0.118. The number of methoxy groups -OCH3 is 1. The number of pyridine rings is 1. The molecule has 17 heavy (non-hydrogen) atoms. The Morgan fingerprint density at radius 2 is 2.47 bits per heavy atom. The molecule has 0 saturated carbocycles. The van der Waals surface area contributed by atoms with E-state index in [1.807, 2.05) is 0 Å². The van der Waals surface area contributed by atoms with Crippen LogP contribution in [0.5, 0.6) is 0 Å². The maximum absolute atomic E-state index is 11.9. The van der Waals surface area contributed by atoms with Gasteiger partial charge in [0.2, 0.25) is 0 Å². The minimum Gasteiger partial charge on any atom is -0.394 e. The lowest BCUT2D eigenvalue weighted by Crippen LogP contribution is -2.38. The van der Waals surface area contributed by atoms with Crippen molar-refractivity contribution >= 4 is 21.8 Å². The molecule has 5 nitrogen and oxygen atoms in total. The summed E-state index contributed by atoms with van der Waals surface area (Å²) in [4.78, 5) is 15.8. The van der Waals surface area contributed by atoms with E-state index >= 15 is 0 Å². The van der Waals surface area contributed by atoms with E-state index in [0.717, 1.165) is 0 Å². The zero-order valence-electron chi connectivity index (χ0n) is 9.52. The lowest BCUT2D eigenvalue weighted by molar-refractivity contribution is 0.0893. The summed E-state index contributed by atoms with van der Waals surface area (Å²) in [6.45, 7) is 0.368. The van der Waals surface area contributed by atoms with Crippen LogP contribution in [-0.4, -0.2) is 42.4 Å². The van der Waals surface area contributed by atoms with E-state index in [2.05, 4.69) is 26.2 Å². The highest BCUT2D eigenvalue weighted by atomic mass is 79.9. The maximum Gasteiger partial charge on any atom is 0.254 e. The average Bonchev–Trinajstić information content (AvgIpc) is 2.34. The first-order chi connectivity index (χ1) is 8.19. The molecule has 0 aliphatic rings. The zero-order valence-corrected chi connectivity index (χ0v) is 11.1. The molecule has 0 fully saturated rings. The third kappa shape index (κ3) is 4.41. The number of aromatic nitrogens is 1. The summed E-state index contributed by atoms with van der Waals surface area (Å²) in [6, 6.07) is 3.04. The molecule has 94 valence electrons. The molecule has 6 heteroatoms. The topological polar surface area (TPSA) is 71.5 Å². The number of rotatable bonds is 6. The standard InChI is InChI=1S/C11H15BrN2O3/c1-17-6-4-8(7-15)14-11(16)9-3-2-5-13-10(9)12/h2-3,5,8,15H,4,6-7H2,1H3,(H,14,16). The van der Waals surface area contributed by atoms with Crippen molar-refractivity contribution in [1.29, 1.82) is 0 Å². The van der Waals surface area contributed by atoms with Crippen LogP contribution < -0.4 is 5.32 Å². The average molecular weight is 303 g/mol. The molecular weight excluding hydrogens is 288 g/mol. The van der Waals surface area contributed by atoms with Crippen molar-refractivity contribution in [2.24, 2.45) is 0 Å². The fraction of sp³-hybridized carbons (Fsp3) is 0.455. The number of nitrogens with one attached hydrogen (secondary N) is 1. The molecule has 1 amide bonds. The first-order valence-corrected chi connectivity index (χ1v) is 5.99. The molecule has 1 atom stereocenters. The fourth-order valence-corrected chi connectivity index (χ4v) is 1.72. The number of carbonyl (C=O) groups is 1. The van der Waals surface area contributed by atoms with Gasteiger partial charge in [-0.05, 0) is 34.5 Å². The third-order valence-electron chi connectivity index (χ3n) is 2.23. The van der Waals surface area contributed by atoms with Gasteiger partial charge in [-0.15, -0.1) is 0 Å². The Morgan fingerprint density at radius 3 is 3.06 bits per heavy atom. The van der Waals surface area contributed by atoms with Crippen LogP contribution in [-0.2, 0) is 4.74 Å². The Balaban J connectivity index is 2.61. The summed E-state index contributed by atoms with van der Waals surface area (Å²) in [5.41, 5.74) is 0.448. The summed E-state index contributed by atoms with van der Waals surface area (Å²) < 4.78 is 5.39. The number of aliphatic hydroxyl groups is 1. The lowest BCUT2D eigenvalue weighted by Gasteiger charge is -2.16. The summed E-state index contributed by atoms with van der Waals surface area (Å²) in [5, 5.41) is 11.8. The second-order valence-corrected chi connectivity index (χ2v) is 4.23. The minimum atomic E-state index is -0.311. The Hall–Kier alpha value is -0.980. The van der Waals surface area contributed by atoms with Crippen molar-refractivity contribution in [3.63, 3.8) is 0 Å². The highest BCUT2D eigenvalue weighted by Gasteiger charge is 2.15. The van der Waals surface area contributed by atoms with Crippen LogP contribution in [0.3, 0.4) is 0 Å². The van der Waals surface area contributed by atoms with Gasteiger partial charge in [-0.25, -0.2) is 4.98 Å². The van der Waals surface area contributed by atoms with Crippen LogP contribution in [0.25, 0.3) is 0 Å². The number of nitrogens with zero attached hydrogens (tertiary/aromatic N) is 1. The van der Waals surface area contributed by atoms with Crippen molar-refractivity contribution in [3.8, 4) is 0 Å². The molecule has 0 saturated heterocycles. The van der Waals surface area contributed by atoms with Gasteiger partial charge in [0.15, 0.2) is 0 Å². The Bertz CT molecular complexity index is 373. The van der Waals surface area contributed by atoms with E-state index in [4.69, 9.17) is 9.84 Å². The van der Waals surface area contributed by atoms with Crippen LogP contribution in [0.1, 0.15) is 16.8 Å². The molecule has 0 bridgehead atoms. The smallest absolute Gasteiger partial charge is 0.254 e. The van der Waals surface area contributed by atoms with E-state index in [1.54, 1.807) is 25.4 Å². The molecule has 0 radical (unpaired) electrons. The first-order valence-electron chi connectivity index (χ1n) is 5.20. The molecule has 1 aromatic heterocycles. The molecule has 1 unspecified atom stereocenters. The Morgan fingerprint density at radius 1 is 1.71 bits per heavy atom. The van der Waals surface area contributed by atoms with Gasteiger partial charge in [0, 0.05) is 19.9 Å². The number of hydrogen-bond donors (Lipinski definition) is 2. The first kappa shape index (κ1) is 14.1. The molecule has 1 rings (SSSR count). The van der Waals surface area contributed by atoms with Crippen LogP contribution in [0.15, 0.2) is 22.9 Å². The highest BCUT2D eigenvalue weighted by molar-refractivity contribution is 9.10. The lowest BCUT2D eigenvalue weighted by atomic mass is 10.2. The van der Waals surface area contributed by atoms with Gasteiger partial charge >= 0.3 is 0 Å². The van der Waals surface area contributed by atoms with Gasteiger partial charge in [0.1, 0.15) is 4.60 Å². The maximum atomic E-state index is 11.9. The predicted molar refractivity (Wildman–Crippen MR) is 66.8 cm³/mol. The summed E-state index contributed by atoms with van der Waals surface area (Å²) >= 11 is 3.20. The number of hydrogen-bond acceptors (Lipinski definition) is 4. The Labute approximate surface area is 108 Å². The van der Waals surface area contributed by atoms with Crippen molar-refractivity contribution in [3.05, 3.63) is 28.5 Å². The molecule has 0 spiro atoms. The van der Waals surface area contributed by atoms with Gasteiger partial charge in [-0.1, -0.05) is 0 Å². The zero-order chi connectivity index (χ0) is 12.7. The van der Waals surface area contributed by atoms with Crippen molar-refractivity contribution in [1.82, 2.24) is 10.3 Å². The number of amides is 1. The number of carbonyl (C=O) groups excluding carboxylic acids is 1. The van der Waals surface area contributed by atoms with E-state index < -0.39 is 0 Å². The van der Waals surface area contributed by atoms with Crippen LogP contribution in [0, 0.1) is 0 Å². The van der Waals surface area contributed by atoms with Crippen LogP contribution in [0.4, 0.5) is 0 Å². The second kappa shape index (κ2) is 7.37. The second-order valence-electron chi connectivity index (χ2n) is 3.48. The van der Waals surface area contributed by atoms with E-state index in [1.165, 1.54) is 0 Å². The molecule has 1 heterocycles.